The molecule has 1 N–H and O–H groups in total. The fourth-order valence-electron chi connectivity index (χ4n) is 2.84. The van der Waals surface area contributed by atoms with Crippen molar-refractivity contribution in [3.63, 3.8) is 0 Å². The van der Waals surface area contributed by atoms with Crippen molar-refractivity contribution in [3.8, 4) is 5.75 Å². The number of benzene rings is 3. The predicted molar refractivity (Wildman–Crippen MR) is 116 cm³/mol. The van der Waals surface area contributed by atoms with Gasteiger partial charge in [0.25, 0.3) is 0 Å². The van der Waals surface area contributed by atoms with Gasteiger partial charge < -0.3 is 4.18 Å². The van der Waals surface area contributed by atoms with Crippen LogP contribution < -0.4 is 9.61 Å². The molecule has 0 saturated heterocycles. The summed E-state index contributed by atoms with van der Waals surface area (Å²) in [7, 11) is -4.41. The number of hydrazone groups is 1. The van der Waals surface area contributed by atoms with Gasteiger partial charge in [0.2, 0.25) is 5.91 Å². The number of carbonyl (C=O) groups excluding carboxylic acids is 1. The Labute approximate surface area is 188 Å². The first-order valence-corrected chi connectivity index (χ1v) is 11.1. The molecule has 0 bridgehead atoms. The van der Waals surface area contributed by atoms with Crippen LogP contribution in [0.4, 0.5) is 13.2 Å². The van der Waals surface area contributed by atoms with E-state index < -0.39 is 26.8 Å². The van der Waals surface area contributed by atoms with Crippen LogP contribution in [0.5, 0.6) is 5.75 Å². The van der Waals surface area contributed by atoms with Gasteiger partial charge in [-0.2, -0.15) is 26.7 Å². The molecule has 172 valence electrons. The maximum atomic E-state index is 12.7. The van der Waals surface area contributed by atoms with Gasteiger partial charge in [-0.15, -0.1) is 0 Å². The molecule has 3 aromatic carbocycles. The molecule has 1 amide bonds. The molecule has 0 aliphatic carbocycles. The van der Waals surface area contributed by atoms with E-state index in [0.29, 0.717) is 12.1 Å². The zero-order chi connectivity index (χ0) is 24.1. The lowest BCUT2D eigenvalue weighted by molar-refractivity contribution is -0.137. The number of para-hydroxylation sites is 1. The first-order valence-electron chi connectivity index (χ1n) is 9.64. The van der Waals surface area contributed by atoms with E-state index in [-0.39, 0.29) is 29.4 Å². The van der Waals surface area contributed by atoms with Gasteiger partial charge in [-0.05, 0) is 48.9 Å². The van der Waals surface area contributed by atoms with E-state index >= 15 is 0 Å². The van der Waals surface area contributed by atoms with E-state index in [9.17, 15) is 26.4 Å². The topological polar surface area (TPSA) is 84.8 Å². The average molecular weight is 476 g/mol. The highest BCUT2D eigenvalue weighted by Gasteiger charge is 2.31. The van der Waals surface area contributed by atoms with Crippen molar-refractivity contribution in [1.29, 1.82) is 0 Å². The fourth-order valence-corrected chi connectivity index (χ4v) is 3.79. The van der Waals surface area contributed by atoms with Gasteiger partial charge in [0.1, 0.15) is 4.90 Å². The van der Waals surface area contributed by atoms with Gasteiger partial charge in [0.05, 0.1) is 17.7 Å². The number of nitrogens with one attached hydrogen (secondary N) is 1. The molecule has 0 unspecified atom stereocenters. The molecule has 6 nitrogen and oxygen atoms in total. The first-order chi connectivity index (χ1) is 15.6. The maximum absolute atomic E-state index is 12.7. The minimum absolute atomic E-state index is 0.0871. The molecular formula is C23H19F3N2O4S. The van der Waals surface area contributed by atoms with E-state index in [1.807, 2.05) is 18.2 Å². The molecule has 0 radical (unpaired) electrons. The van der Waals surface area contributed by atoms with E-state index in [2.05, 4.69) is 10.5 Å². The van der Waals surface area contributed by atoms with Crippen LogP contribution in [-0.2, 0) is 27.5 Å². The summed E-state index contributed by atoms with van der Waals surface area (Å²) >= 11 is 0. The Balaban J connectivity index is 1.76. The summed E-state index contributed by atoms with van der Waals surface area (Å²) in [4.78, 5) is 11.7. The Hall–Kier alpha value is -3.66. The number of hydrogen-bond acceptors (Lipinski definition) is 5. The van der Waals surface area contributed by atoms with Gasteiger partial charge in [0.15, 0.2) is 5.75 Å². The van der Waals surface area contributed by atoms with Crippen molar-refractivity contribution >= 4 is 21.7 Å². The monoisotopic (exact) mass is 476 g/mol. The highest BCUT2D eigenvalue weighted by atomic mass is 32.2. The van der Waals surface area contributed by atoms with E-state index in [4.69, 9.17) is 4.18 Å². The van der Waals surface area contributed by atoms with Crippen LogP contribution in [0, 0.1) is 0 Å². The number of halogens is 3. The Bertz CT molecular complexity index is 1260. The Morgan fingerprint density at radius 3 is 2.18 bits per heavy atom. The Kier molecular flexibility index (Phi) is 7.17. The van der Waals surface area contributed by atoms with Crippen LogP contribution in [0.1, 0.15) is 23.6 Å². The summed E-state index contributed by atoms with van der Waals surface area (Å²) in [5.74, 6) is -0.452. The second kappa shape index (κ2) is 9.86. The summed E-state index contributed by atoms with van der Waals surface area (Å²) in [6.45, 7) is 1.55. The summed E-state index contributed by atoms with van der Waals surface area (Å²) in [5, 5.41) is 4.01. The maximum Gasteiger partial charge on any atom is 0.416 e. The summed E-state index contributed by atoms with van der Waals surface area (Å²) in [5.41, 5.74) is 2.79. The third-order valence-electron chi connectivity index (χ3n) is 4.50. The molecule has 0 aliphatic heterocycles. The van der Waals surface area contributed by atoms with Crippen LogP contribution in [0.25, 0.3) is 0 Å². The van der Waals surface area contributed by atoms with Crippen LogP contribution in [0.3, 0.4) is 0 Å². The molecule has 0 atom stereocenters. The van der Waals surface area contributed by atoms with Crippen LogP contribution in [0.15, 0.2) is 88.9 Å². The van der Waals surface area contributed by atoms with Crippen LogP contribution in [-0.4, -0.2) is 20.0 Å². The number of amides is 1. The zero-order valence-electron chi connectivity index (χ0n) is 17.3. The SMILES string of the molecule is C/C(=N\NC(=O)Cc1ccccc1)c1ccccc1OS(=O)(=O)c1ccc(C(F)(F)F)cc1. The second-order valence-electron chi connectivity index (χ2n) is 6.95. The highest BCUT2D eigenvalue weighted by Crippen LogP contribution is 2.30. The molecule has 3 aromatic rings. The zero-order valence-corrected chi connectivity index (χ0v) is 18.2. The van der Waals surface area contributed by atoms with Gasteiger partial charge in [0, 0.05) is 5.56 Å². The molecule has 0 aliphatic rings. The molecule has 0 saturated carbocycles. The normalized spacial score (nSPS) is 12.3. The minimum atomic E-state index is -4.59. The number of rotatable bonds is 7. The number of nitrogens with zero attached hydrogens (tertiary/aromatic N) is 1. The number of alkyl halides is 3. The second-order valence-corrected chi connectivity index (χ2v) is 8.50. The van der Waals surface area contributed by atoms with Crippen molar-refractivity contribution in [1.82, 2.24) is 5.43 Å². The standard InChI is InChI=1S/C23H19F3N2O4S/c1-16(27-28-22(29)15-17-7-3-2-4-8-17)20-9-5-6-10-21(20)32-33(30,31)19-13-11-18(12-14-19)23(24,25)26/h2-14H,15H2,1H3,(H,28,29)/b27-16+. The van der Waals surface area contributed by atoms with Gasteiger partial charge in [-0.3, -0.25) is 4.79 Å². The van der Waals surface area contributed by atoms with Crippen molar-refractivity contribution in [2.75, 3.05) is 0 Å². The quantitative estimate of drug-likeness (QED) is 0.308. The summed E-state index contributed by atoms with van der Waals surface area (Å²) < 4.78 is 68.6. The predicted octanol–water partition coefficient (Wildman–Crippen LogP) is 4.56. The van der Waals surface area contributed by atoms with Crippen LogP contribution in [0.2, 0.25) is 0 Å². The highest BCUT2D eigenvalue weighted by molar-refractivity contribution is 7.87. The van der Waals surface area contributed by atoms with E-state index in [1.54, 1.807) is 31.2 Å². The van der Waals surface area contributed by atoms with E-state index in [1.165, 1.54) is 12.1 Å². The Morgan fingerprint density at radius 2 is 1.55 bits per heavy atom. The van der Waals surface area contributed by atoms with Crippen LogP contribution >= 0.6 is 0 Å². The smallest absolute Gasteiger partial charge is 0.378 e. The molecule has 0 aromatic heterocycles. The molecule has 0 spiro atoms. The molecular weight excluding hydrogens is 457 g/mol. The van der Waals surface area contributed by atoms with Gasteiger partial charge in [-0.25, -0.2) is 5.43 Å². The fraction of sp³-hybridized carbons (Fsp3) is 0.130. The van der Waals surface area contributed by atoms with E-state index in [0.717, 1.165) is 17.7 Å². The minimum Gasteiger partial charge on any atom is -0.378 e. The molecule has 0 fully saturated rings. The summed E-state index contributed by atoms with van der Waals surface area (Å²) in [6.07, 6.45) is -4.48. The molecule has 0 heterocycles. The third-order valence-corrected chi connectivity index (χ3v) is 5.75. The average Bonchev–Trinajstić information content (AvgIpc) is 2.78. The third kappa shape index (κ3) is 6.42. The van der Waals surface area contributed by atoms with Gasteiger partial charge in [-0.1, -0.05) is 42.5 Å². The van der Waals surface area contributed by atoms with Gasteiger partial charge >= 0.3 is 16.3 Å². The Morgan fingerprint density at radius 1 is 0.939 bits per heavy atom. The molecule has 33 heavy (non-hydrogen) atoms. The lowest BCUT2D eigenvalue weighted by Crippen LogP contribution is -2.21. The molecule has 3 rings (SSSR count). The lowest BCUT2D eigenvalue weighted by atomic mass is 10.1. The molecule has 10 heteroatoms. The van der Waals surface area contributed by atoms with Crippen molar-refractivity contribution in [2.45, 2.75) is 24.4 Å². The first kappa shape index (κ1) is 24.0. The van der Waals surface area contributed by atoms with Crippen molar-refractivity contribution < 1.29 is 30.6 Å². The summed E-state index contributed by atoms with van der Waals surface area (Å²) in [6, 6.07) is 18.1. The number of hydrogen-bond donors (Lipinski definition) is 1. The van der Waals surface area contributed by atoms with Crippen molar-refractivity contribution in [3.05, 3.63) is 95.6 Å². The van der Waals surface area contributed by atoms with Crippen molar-refractivity contribution in [2.24, 2.45) is 5.10 Å². The largest absolute Gasteiger partial charge is 0.416 e. The lowest BCUT2D eigenvalue weighted by Gasteiger charge is -2.12. The number of carbonyl (C=O) groups is 1.